The van der Waals surface area contributed by atoms with Crippen molar-refractivity contribution in [2.24, 2.45) is 5.73 Å². The summed E-state index contributed by atoms with van der Waals surface area (Å²) in [5.41, 5.74) is 7.31. The molecule has 96 valence electrons. The molecule has 1 aromatic carbocycles. The zero-order valence-corrected chi connectivity index (χ0v) is 10.2. The summed E-state index contributed by atoms with van der Waals surface area (Å²) in [7, 11) is 1.45. The number of nitrogens with one attached hydrogen (secondary N) is 1. The number of methoxy groups -OCH3 is 1. The normalized spacial score (nSPS) is 10.6. The van der Waals surface area contributed by atoms with Gasteiger partial charge in [-0.2, -0.15) is 0 Å². The quantitative estimate of drug-likeness (QED) is 0.846. The van der Waals surface area contributed by atoms with Crippen LogP contribution >= 0.6 is 0 Å². The van der Waals surface area contributed by atoms with Crippen LogP contribution in [-0.4, -0.2) is 23.6 Å². The van der Waals surface area contributed by atoms with Crippen molar-refractivity contribution in [3.63, 3.8) is 0 Å². The Hall–Kier alpha value is -1.88. The molecule has 0 aliphatic heterocycles. The minimum Gasteiger partial charge on any atom is -0.494 e. The second-order valence-corrected chi connectivity index (χ2v) is 4.04. The first-order chi connectivity index (χ1) is 8.72. The maximum absolute atomic E-state index is 13.5. The van der Waals surface area contributed by atoms with Crippen LogP contribution in [0.1, 0.15) is 17.1 Å². The lowest BCUT2D eigenvalue weighted by Gasteiger charge is -2.03. The molecule has 3 N–H and O–H groups in total. The van der Waals surface area contributed by atoms with Crippen molar-refractivity contribution in [2.75, 3.05) is 13.7 Å². The maximum Gasteiger partial charge on any atom is 0.165 e. The second kappa shape index (κ2) is 5.64. The minimum absolute atomic E-state index is 0.252. The molecular formula is C13H16FN3O. The number of H-pyrrole nitrogens is 1. The molecule has 0 aliphatic rings. The highest BCUT2D eigenvalue weighted by Gasteiger charge is 2.06. The predicted molar refractivity (Wildman–Crippen MR) is 67.1 cm³/mol. The fraction of sp³-hybridized carbons (Fsp3) is 0.308. The van der Waals surface area contributed by atoms with E-state index in [1.807, 2.05) is 6.07 Å². The summed E-state index contributed by atoms with van der Waals surface area (Å²) in [6.45, 7) is 0.582. The number of benzene rings is 1. The number of ether oxygens (including phenoxy) is 1. The van der Waals surface area contributed by atoms with Gasteiger partial charge in [-0.15, -0.1) is 0 Å². The summed E-state index contributed by atoms with van der Waals surface area (Å²) >= 11 is 0. The van der Waals surface area contributed by atoms with Crippen LogP contribution in [0, 0.1) is 5.82 Å². The van der Waals surface area contributed by atoms with E-state index in [0.717, 1.165) is 23.5 Å². The van der Waals surface area contributed by atoms with Crippen molar-refractivity contribution in [3.8, 4) is 5.75 Å². The van der Waals surface area contributed by atoms with E-state index in [1.165, 1.54) is 13.2 Å². The van der Waals surface area contributed by atoms with Crippen LogP contribution in [-0.2, 0) is 12.8 Å². The minimum atomic E-state index is -0.358. The lowest BCUT2D eigenvalue weighted by Crippen LogP contribution is -2.03. The third kappa shape index (κ3) is 2.87. The summed E-state index contributed by atoms with van der Waals surface area (Å²) in [5, 5.41) is 0. The molecule has 0 bridgehead atoms. The Morgan fingerprint density at radius 3 is 2.94 bits per heavy atom. The van der Waals surface area contributed by atoms with Gasteiger partial charge >= 0.3 is 0 Å². The van der Waals surface area contributed by atoms with Crippen LogP contribution < -0.4 is 10.5 Å². The largest absolute Gasteiger partial charge is 0.494 e. The molecule has 18 heavy (non-hydrogen) atoms. The molecule has 0 saturated heterocycles. The van der Waals surface area contributed by atoms with Gasteiger partial charge in [-0.3, -0.25) is 0 Å². The van der Waals surface area contributed by atoms with Gasteiger partial charge in [0.15, 0.2) is 11.6 Å². The zero-order chi connectivity index (χ0) is 13.0. The Bertz CT molecular complexity index is 525. The molecular weight excluding hydrogens is 233 g/mol. The summed E-state index contributed by atoms with van der Waals surface area (Å²) in [4.78, 5) is 7.40. The van der Waals surface area contributed by atoms with E-state index in [0.29, 0.717) is 13.0 Å². The molecule has 1 heterocycles. The lowest BCUT2D eigenvalue weighted by molar-refractivity contribution is 0.386. The first-order valence-electron chi connectivity index (χ1n) is 5.78. The molecule has 4 nitrogen and oxygen atoms in total. The Labute approximate surface area is 105 Å². The average Bonchev–Trinajstić information content (AvgIpc) is 2.77. The summed E-state index contributed by atoms with van der Waals surface area (Å²) < 4.78 is 18.4. The fourth-order valence-electron chi connectivity index (χ4n) is 1.79. The number of nitrogens with zero attached hydrogens (tertiary/aromatic N) is 1. The van der Waals surface area contributed by atoms with Gasteiger partial charge in [0.1, 0.15) is 5.82 Å². The van der Waals surface area contributed by atoms with Crippen molar-refractivity contribution in [3.05, 3.63) is 47.3 Å². The molecule has 5 heteroatoms. The number of aromatic amines is 1. The first-order valence-corrected chi connectivity index (χ1v) is 5.78. The molecule has 0 saturated carbocycles. The Kier molecular flexibility index (Phi) is 3.94. The summed E-state index contributed by atoms with van der Waals surface area (Å²) in [6, 6.07) is 4.91. The second-order valence-electron chi connectivity index (χ2n) is 4.04. The van der Waals surface area contributed by atoms with Crippen molar-refractivity contribution in [1.29, 1.82) is 0 Å². The number of imidazole rings is 1. The molecule has 0 aliphatic carbocycles. The first kappa shape index (κ1) is 12.6. The number of hydrogen-bond acceptors (Lipinski definition) is 3. The summed E-state index contributed by atoms with van der Waals surface area (Å²) in [5.74, 6) is 0.703. The molecule has 2 rings (SSSR count). The fourth-order valence-corrected chi connectivity index (χ4v) is 1.79. The molecule has 2 aromatic rings. The smallest absolute Gasteiger partial charge is 0.165 e. The Balaban J connectivity index is 2.10. The van der Waals surface area contributed by atoms with Crippen LogP contribution in [0.3, 0.4) is 0 Å². The van der Waals surface area contributed by atoms with Crippen molar-refractivity contribution in [1.82, 2.24) is 9.97 Å². The Morgan fingerprint density at radius 2 is 2.28 bits per heavy atom. The van der Waals surface area contributed by atoms with Crippen LogP contribution in [0.15, 0.2) is 24.4 Å². The van der Waals surface area contributed by atoms with Gasteiger partial charge < -0.3 is 15.5 Å². The van der Waals surface area contributed by atoms with E-state index in [2.05, 4.69) is 9.97 Å². The molecule has 0 atom stereocenters. The van der Waals surface area contributed by atoms with Crippen molar-refractivity contribution >= 4 is 0 Å². The number of hydrogen-bond donors (Lipinski definition) is 2. The van der Waals surface area contributed by atoms with Crippen molar-refractivity contribution < 1.29 is 9.13 Å². The van der Waals surface area contributed by atoms with Gasteiger partial charge in [0.25, 0.3) is 0 Å². The van der Waals surface area contributed by atoms with Crippen LogP contribution in [0.5, 0.6) is 5.75 Å². The highest BCUT2D eigenvalue weighted by Crippen LogP contribution is 2.19. The Morgan fingerprint density at radius 1 is 1.44 bits per heavy atom. The molecule has 0 fully saturated rings. The number of nitrogens with two attached hydrogens (primary N) is 1. The SMILES string of the molecule is COc1ccc(Cc2ncc(CCN)[nH]2)cc1F. The topological polar surface area (TPSA) is 63.9 Å². The average molecular weight is 249 g/mol. The van der Waals surface area contributed by atoms with Gasteiger partial charge in [0.2, 0.25) is 0 Å². The monoisotopic (exact) mass is 249 g/mol. The lowest BCUT2D eigenvalue weighted by atomic mass is 10.1. The number of rotatable bonds is 5. The van der Waals surface area contributed by atoms with Crippen molar-refractivity contribution in [2.45, 2.75) is 12.8 Å². The molecule has 1 aromatic heterocycles. The van der Waals surface area contributed by atoms with E-state index < -0.39 is 0 Å². The molecule has 0 spiro atoms. The molecule has 0 radical (unpaired) electrons. The highest BCUT2D eigenvalue weighted by atomic mass is 19.1. The highest BCUT2D eigenvalue weighted by molar-refractivity contribution is 5.30. The number of aromatic nitrogens is 2. The van der Waals surface area contributed by atoms with Gasteiger partial charge in [-0.05, 0) is 24.2 Å². The number of halogens is 1. The van der Waals surface area contributed by atoms with Crippen LogP contribution in [0.4, 0.5) is 4.39 Å². The van der Waals surface area contributed by atoms with Gasteiger partial charge in [-0.25, -0.2) is 9.37 Å². The maximum atomic E-state index is 13.5. The molecule has 0 amide bonds. The van der Waals surface area contributed by atoms with E-state index >= 15 is 0 Å². The predicted octanol–water partition coefficient (Wildman–Crippen LogP) is 1.65. The van der Waals surface area contributed by atoms with E-state index in [1.54, 1.807) is 12.3 Å². The van der Waals surface area contributed by atoms with E-state index in [4.69, 9.17) is 10.5 Å². The van der Waals surface area contributed by atoms with Gasteiger partial charge in [0.05, 0.1) is 7.11 Å². The standard InChI is InChI=1S/C13H16FN3O/c1-18-12-3-2-9(6-11(12)14)7-13-16-8-10(17-13)4-5-15/h2-3,6,8H,4-5,7,15H2,1H3,(H,16,17). The van der Waals surface area contributed by atoms with Gasteiger partial charge in [0, 0.05) is 24.7 Å². The third-order valence-corrected chi connectivity index (χ3v) is 2.68. The zero-order valence-electron chi connectivity index (χ0n) is 10.2. The summed E-state index contributed by atoms with van der Waals surface area (Å²) in [6.07, 6.45) is 3.09. The van der Waals surface area contributed by atoms with E-state index in [-0.39, 0.29) is 11.6 Å². The third-order valence-electron chi connectivity index (χ3n) is 2.68. The van der Waals surface area contributed by atoms with Gasteiger partial charge in [-0.1, -0.05) is 6.07 Å². The van der Waals surface area contributed by atoms with Crippen LogP contribution in [0.25, 0.3) is 0 Å². The van der Waals surface area contributed by atoms with Crippen LogP contribution in [0.2, 0.25) is 0 Å². The molecule has 0 unspecified atom stereocenters. The van der Waals surface area contributed by atoms with E-state index in [9.17, 15) is 4.39 Å².